The Morgan fingerprint density at radius 3 is 1.25 bits per heavy atom. The zero-order valence-corrected chi connectivity index (χ0v) is 3.12. The van der Waals surface area contributed by atoms with Gasteiger partial charge in [-0.15, -0.1) is 0 Å². The van der Waals surface area contributed by atoms with Crippen molar-refractivity contribution in [1.82, 2.24) is 0 Å². The van der Waals surface area contributed by atoms with Crippen molar-refractivity contribution in [2.24, 2.45) is 0 Å². The van der Waals surface area contributed by atoms with Crippen LogP contribution >= 0.6 is 0 Å². The summed E-state index contributed by atoms with van der Waals surface area (Å²) in [6, 6.07) is 0. The van der Waals surface area contributed by atoms with Crippen molar-refractivity contribution in [3.63, 3.8) is 0 Å². The molecule has 0 aliphatic carbocycles. The molecule has 0 bridgehead atoms. The van der Waals surface area contributed by atoms with E-state index in [4.69, 9.17) is 0 Å². The fourth-order valence-corrected chi connectivity index (χ4v) is 0. The van der Waals surface area contributed by atoms with Gasteiger partial charge in [0.25, 0.3) is 0 Å². The van der Waals surface area contributed by atoms with E-state index in [0.717, 1.165) is 0 Å². The van der Waals surface area contributed by atoms with Gasteiger partial charge in [-0.05, 0) is 0 Å². The van der Waals surface area contributed by atoms with Crippen molar-refractivity contribution in [3.05, 3.63) is 0 Å². The number of methoxy groups -OCH3 is 1. The first-order valence-corrected chi connectivity index (χ1v) is 0.816. The molecule has 0 saturated heterocycles. The van der Waals surface area contributed by atoms with Crippen LogP contribution in [0.1, 0.15) is 0 Å². The third-order valence-electron chi connectivity index (χ3n) is 0. The maximum Gasteiger partial charge on any atom is 0.0351 e. The molecule has 0 aliphatic heterocycles. The minimum Gasteiger partial charge on any atom is -0.388 e. The Bertz CT molecular complexity index is 6.00. The summed E-state index contributed by atoms with van der Waals surface area (Å²) in [6.07, 6.45) is 0. The third-order valence-corrected chi connectivity index (χ3v) is 0. The van der Waals surface area contributed by atoms with Crippen molar-refractivity contribution in [1.29, 1.82) is 0 Å². The van der Waals surface area contributed by atoms with E-state index in [9.17, 15) is 0 Å². The number of rotatable bonds is 0. The Balaban J connectivity index is 0. The second kappa shape index (κ2) is 13.3. The number of ether oxygens (including phenoxy) is 1. The zero-order valence-electron chi connectivity index (χ0n) is 3.12. The average Bonchev–Trinajstić information content (AvgIpc) is 0.918. The van der Waals surface area contributed by atoms with Gasteiger partial charge in [-0.25, -0.2) is 0 Å². The van der Waals surface area contributed by atoms with Gasteiger partial charge in [-0.3, -0.25) is 0 Å². The van der Waals surface area contributed by atoms with Crippen LogP contribution in [0.15, 0.2) is 0 Å². The third kappa shape index (κ3) is 82.4. The summed E-state index contributed by atoms with van der Waals surface area (Å²) in [5.74, 6) is 0. The maximum atomic E-state index is 4.25. The quantitative estimate of drug-likeness (QED) is 0.383. The molecule has 0 aromatic rings. The van der Waals surface area contributed by atoms with Gasteiger partial charge in [0.05, 0.1) is 0 Å². The molecular weight excluding hydrogens is 44.0 g/mol. The van der Waals surface area contributed by atoms with Crippen LogP contribution in [0.5, 0.6) is 0 Å². The smallest absolute Gasteiger partial charge is 0.0351 e. The molecule has 0 aliphatic rings. The van der Waals surface area contributed by atoms with Crippen molar-refractivity contribution in [3.8, 4) is 0 Å². The van der Waals surface area contributed by atoms with E-state index in [1.807, 2.05) is 0 Å². The second-order valence-corrected chi connectivity index (χ2v) is 0.408. The zero-order chi connectivity index (χ0) is 2.71. The summed E-state index contributed by atoms with van der Waals surface area (Å²) < 4.78 is 4.25. The topological polar surface area (TPSA) is 9.23 Å². The molecular formula is C2H6HeO. The van der Waals surface area contributed by atoms with Crippen molar-refractivity contribution >= 4 is 0 Å². The molecule has 0 N–H and O–H groups in total. The molecule has 0 aromatic carbocycles. The molecule has 0 rings (SSSR count). The van der Waals surface area contributed by atoms with Crippen LogP contribution in [0.3, 0.4) is 0 Å². The Morgan fingerprint density at radius 1 is 1.25 bits per heavy atom. The first-order valence-electron chi connectivity index (χ1n) is 0.816. The number of hydrogen-bond donors (Lipinski definition) is 0. The van der Waals surface area contributed by atoms with E-state index >= 15 is 0 Å². The van der Waals surface area contributed by atoms with Crippen molar-refractivity contribution < 1.29 is 10.9 Å². The van der Waals surface area contributed by atoms with Gasteiger partial charge in [0, 0.05) is 20.4 Å². The first-order chi connectivity index (χ1) is 1.41. The molecule has 0 saturated carbocycles. The van der Waals surface area contributed by atoms with Crippen LogP contribution in [0.2, 0.25) is 0 Å². The minimum atomic E-state index is 0. The van der Waals surface area contributed by atoms with Crippen LogP contribution in [-0.2, 0) is 4.74 Å². The van der Waals surface area contributed by atoms with E-state index < -0.39 is 0 Å². The predicted molar refractivity (Wildman–Crippen MR) is 12.9 cm³/mol. The molecule has 0 heterocycles. The fourth-order valence-electron chi connectivity index (χ4n) is 0. The van der Waals surface area contributed by atoms with Gasteiger partial charge in [-0.2, -0.15) is 0 Å². The summed E-state index contributed by atoms with van der Waals surface area (Å²) in [4.78, 5) is 0. The van der Waals surface area contributed by atoms with Gasteiger partial charge in [0.15, 0.2) is 0 Å². The summed E-state index contributed by atoms with van der Waals surface area (Å²) in [5, 5.41) is 0. The SMILES string of the molecule is COC.[He]. The molecule has 0 aromatic heterocycles. The van der Waals surface area contributed by atoms with Crippen LogP contribution in [0.4, 0.5) is 0 Å². The van der Waals surface area contributed by atoms with E-state index in [1.165, 1.54) is 0 Å². The van der Waals surface area contributed by atoms with Gasteiger partial charge < -0.3 is 4.74 Å². The van der Waals surface area contributed by atoms with E-state index in [1.54, 1.807) is 14.2 Å². The Hall–Kier alpha value is -0.131. The molecule has 0 spiro atoms. The molecule has 0 fully saturated rings. The predicted octanol–water partition coefficient (Wildman–Crippen LogP) is 0.263. The largest absolute Gasteiger partial charge is 0.388 e. The monoisotopic (exact) mass is 50.0 g/mol. The van der Waals surface area contributed by atoms with Crippen LogP contribution in [-0.4, -0.2) is 14.2 Å². The minimum absolute atomic E-state index is 0. The van der Waals surface area contributed by atoms with Crippen molar-refractivity contribution in [2.45, 2.75) is 0 Å². The summed E-state index contributed by atoms with van der Waals surface area (Å²) in [6.45, 7) is 0. The standard InChI is InChI=1S/C2H6O.He/c1-3-2;/h1-2H3;. The van der Waals surface area contributed by atoms with Crippen molar-refractivity contribution in [2.75, 3.05) is 14.2 Å². The normalized spacial score (nSPS) is 4.50. The summed E-state index contributed by atoms with van der Waals surface area (Å²) in [7, 11) is 3.25. The maximum absolute atomic E-state index is 4.25. The van der Waals surface area contributed by atoms with Crippen LogP contribution in [0.25, 0.3) is 0 Å². The van der Waals surface area contributed by atoms with Gasteiger partial charge in [0.2, 0.25) is 0 Å². The van der Waals surface area contributed by atoms with Crippen LogP contribution < -0.4 is 0 Å². The van der Waals surface area contributed by atoms with E-state index in [2.05, 4.69) is 4.74 Å². The van der Waals surface area contributed by atoms with Gasteiger partial charge in [-0.1, -0.05) is 0 Å². The molecule has 4 heavy (non-hydrogen) atoms. The molecule has 1 nitrogen and oxygen atoms in total. The first kappa shape index (κ1) is 9.12. The Kier molecular flexibility index (Phi) is 30.2. The average molecular weight is 50.1 g/mol. The van der Waals surface area contributed by atoms with E-state index in [-0.39, 0.29) is 6.15 Å². The Morgan fingerprint density at radius 2 is 1.25 bits per heavy atom. The summed E-state index contributed by atoms with van der Waals surface area (Å²) in [5.41, 5.74) is 0. The number of hydrogen-bond acceptors (Lipinski definition) is 1. The molecule has 22 valence electrons. The van der Waals surface area contributed by atoms with E-state index in [0.29, 0.717) is 0 Å². The van der Waals surface area contributed by atoms with Crippen LogP contribution in [0, 0.1) is 6.15 Å². The molecule has 0 amide bonds. The Labute approximate surface area is 26.4 Å². The van der Waals surface area contributed by atoms with Gasteiger partial charge in [0.1, 0.15) is 0 Å². The molecule has 0 unspecified atom stereocenters. The summed E-state index contributed by atoms with van der Waals surface area (Å²) >= 11 is 0. The van der Waals surface area contributed by atoms with Gasteiger partial charge >= 0.3 is 0 Å². The second-order valence-electron chi connectivity index (χ2n) is 0.408. The fraction of sp³-hybridized carbons (Fsp3) is 1.00. The molecule has 2 heteroatoms. The molecule has 0 radical (unpaired) electrons. The molecule has 0 atom stereocenters.